The molecule has 0 radical (unpaired) electrons. The molecule has 2 heterocycles. The van der Waals surface area contributed by atoms with Gasteiger partial charge >= 0.3 is 0 Å². The normalized spacial score (nSPS) is 16.2. The second kappa shape index (κ2) is 9.48. The molecule has 0 spiro atoms. The SMILES string of the molecule is CCNC(=NCC1CC(=O)Nc2ccccc21)NCCCn1ccc2ccccc21. The number of carbonyl (C=O) groups excluding carboxylic acids is 1. The first-order valence-electron chi connectivity index (χ1n) is 10.7. The predicted octanol–water partition coefficient (Wildman–Crippen LogP) is 3.71. The molecule has 4 rings (SSSR count). The van der Waals surface area contributed by atoms with Crippen molar-refractivity contribution in [2.75, 3.05) is 25.0 Å². The number of hydrogen-bond donors (Lipinski definition) is 3. The minimum atomic E-state index is 0.0609. The molecule has 0 saturated carbocycles. The van der Waals surface area contributed by atoms with Crippen LogP contribution in [-0.4, -0.2) is 36.1 Å². The molecule has 3 N–H and O–H groups in total. The first kappa shape index (κ1) is 20.0. The Morgan fingerprint density at radius 3 is 2.87 bits per heavy atom. The highest BCUT2D eigenvalue weighted by atomic mass is 16.1. The van der Waals surface area contributed by atoms with E-state index >= 15 is 0 Å². The fourth-order valence-electron chi connectivity index (χ4n) is 4.00. The molecule has 1 aliphatic heterocycles. The maximum absolute atomic E-state index is 12.0. The summed E-state index contributed by atoms with van der Waals surface area (Å²) in [6.07, 6.45) is 3.62. The Kier molecular flexibility index (Phi) is 6.32. The molecule has 6 heteroatoms. The minimum Gasteiger partial charge on any atom is -0.357 e. The Hall–Kier alpha value is -3.28. The molecular weight excluding hydrogens is 374 g/mol. The van der Waals surface area contributed by atoms with Gasteiger partial charge in [-0.2, -0.15) is 0 Å². The van der Waals surface area contributed by atoms with Crippen LogP contribution >= 0.6 is 0 Å². The van der Waals surface area contributed by atoms with Crippen LogP contribution in [0.15, 0.2) is 65.8 Å². The van der Waals surface area contributed by atoms with Gasteiger partial charge in [0.15, 0.2) is 5.96 Å². The quantitative estimate of drug-likeness (QED) is 0.320. The van der Waals surface area contributed by atoms with E-state index in [1.54, 1.807) is 0 Å². The highest BCUT2D eigenvalue weighted by Gasteiger charge is 2.24. The predicted molar refractivity (Wildman–Crippen MR) is 123 cm³/mol. The highest BCUT2D eigenvalue weighted by molar-refractivity contribution is 5.94. The van der Waals surface area contributed by atoms with Gasteiger partial charge in [0.05, 0.1) is 6.54 Å². The lowest BCUT2D eigenvalue weighted by Gasteiger charge is -2.24. The average molecular weight is 404 g/mol. The summed E-state index contributed by atoms with van der Waals surface area (Å²) in [5.74, 6) is 0.973. The zero-order valence-electron chi connectivity index (χ0n) is 17.4. The van der Waals surface area contributed by atoms with Crippen LogP contribution in [0.2, 0.25) is 0 Å². The van der Waals surface area contributed by atoms with Gasteiger partial charge in [-0.05, 0) is 42.5 Å². The van der Waals surface area contributed by atoms with Gasteiger partial charge in [0.2, 0.25) is 5.91 Å². The molecule has 6 nitrogen and oxygen atoms in total. The first-order chi connectivity index (χ1) is 14.7. The number of aromatic nitrogens is 1. The molecule has 30 heavy (non-hydrogen) atoms. The average Bonchev–Trinajstić information content (AvgIpc) is 3.17. The molecule has 1 unspecified atom stereocenters. The van der Waals surface area contributed by atoms with Crippen molar-refractivity contribution < 1.29 is 4.79 Å². The molecule has 0 fully saturated rings. The van der Waals surface area contributed by atoms with E-state index in [2.05, 4.69) is 70.0 Å². The fraction of sp³-hybridized carbons (Fsp3) is 0.333. The van der Waals surface area contributed by atoms with E-state index in [1.807, 2.05) is 18.2 Å². The standard InChI is InChI=1S/C24H29N5O/c1-2-25-24(26-13-7-14-29-15-12-18-8-3-6-11-22(18)29)27-17-19-16-23(30)28-21-10-5-4-9-20(19)21/h3-6,8-12,15,19H,2,7,13-14,16-17H2,1H3,(H,28,30)(H2,25,26,27). The van der Waals surface area contributed by atoms with Crippen molar-refractivity contribution in [2.24, 2.45) is 4.99 Å². The molecule has 1 amide bonds. The summed E-state index contributed by atoms with van der Waals surface area (Å²) in [5.41, 5.74) is 3.34. The van der Waals surface area contributed by atoms with Crippen molar-refractivity contribution in [3.8, 4) is 0 Å². The number of guanidine groups is 1. The third kappa shape index (κ3) is 4.64. The number of nitrogens with zero attached hydrogens (tertiary/aromatic N) is 2. The Labute approximate surface area is 177 Å². The van der Waals surface area contributed by atoms with Gasteiger partial charge in [-0.25, -0.2) is 0 Å². The van der Waals surface area contributed by atoms with Crippen molar-refractivity contribution in [3.05, 3.63) is 66.4 Å². The largest absolute Gasteiger partial charge is 0.357 e. The van der Waals surface area contributed by atoms with E-state index in [1.165, 1.54) is 10.9 Å². The van der Waals surface area contributed by atoms with Crippen molar-refractivity contribution in [1.29, 1.82) is 0 Å². The number of rotatable bonds is 7. The monoisotopic (exact) mass is 403 g/mol. The van der Waals surface area contributed by atoms with Gasteiger partial charge in [0, 0.05) is 49.4 Å². The van der Waals surface area contributed by atoms with E-state index in [-0.39, 0.29) is 11.8 Å². The third-order valence-corrected chi connectivity index (χ3v) is 5.47. The Morgan fingerprint density at radius 2 is 1.97 bits per heavy atom. The minimum absolute atomic E-state index is 0.0609. The van der Waals surface area contributed by atoms with Crippen molar-refractivity contribution in [2.45, 2.75) is 32.2 Å². The number of aliphatic imine (C=N–C) groups is 1. The van der Waals surface area contributed by atoms with Gasteiger partial charge in [0.1, 0.15) is 0 Å². The smallest absolute Gasteiger partial charge is 0.225 e. The zero-order chi connectivity index (χ0) is 20.8. The summed E-state index contributed by atoms with van der Waals surface area (Å²) in [6, 6.07) is 18.6. The van der Waals surface area contributed by atoms with Crippen LogP contribution in [0.5, 0.6) is 0 Å². The number of hydrogen-bond acceptors (Lipinski definition) is 2. The van der Waals surface area contributed by atoms with Gasteiger partial charge in [-0.3, -0.25) is 9.79 Å². The van der Waals surface area contributed by atoms with Crippen molar-refractivity contribution >= 4 is 28.5 Å². The lowest BCUT2D eigenvalue weighted by atomic mass is 9.91. The van der Waals surface area contributed by atoms with Crippen LogP contribution in [0.4, 0.5) is 5.69 Å². The summed E-state index contributed by atoms with van der Waals surface area (Å²) in [5, 5.41) is 11.0. The van der Waals surface area contributed by atoms with E-state index in [0.29, 0.717) is 13.0 Å². The van der Waals surface area contributed by atoms with Crippen molar-refractivity contribution in [1.82, 2.24) is 15.2 Å². The molecule has 0 aliphatic carbocycles. The molecule has 2 aromatic carbocycles. The Balaban J connectivity index is 1.33. The maximum Gasteiger partial charge on any atom is 0.225 e. The zero-order valence-corrected chi connectivity index (χ0v) is 17.4. The Morgan fingerprint density at radius 1 is 1.13 bits per heavy atom. The van der Waals surface area contributed by atoms with E-state index in [4.69, 9.17) is 4.99 Å². The van der Waals surface area contributed by atoms with E-state index in [0.717, 1.165) is 43.3 Å². The lowest BCUT2D eigenvalue weighted by Crippen LogP contribution is -2.38. The molecule has 1 atom stereocenters. The van der Waals surface area contributed by atoms with Gasteiger partial charge in [-0.15, -0.1) is 0 Å². The summed E-state index contributed by atoms with van der Waals surface area (Å²) in [7, 11) is 0. The van der Waals surface area contributed by atoms with Crippen molar-refractivity contribution in [3.63, 3.8) is 0 Å². The molecule has 3 aromatic rings. The number of aryl methyl sites for hydroxylation is 1. The lowest BCUT2D eigenvalue weighted by molar-refractivity contribution is -0.116. The number of benzene rings is 2. The van der Waals surface area contributed by atoms with Crippen LogP contribution in [0.25, 0.3) is 10.9 Å². The molecular formula is C24H29N5O. The first-order valence-corrected chi connectivity index (χ1v) is 10.7. The summed E-state index contributed by atoms with van der Waals surface area (Å²) >= 11 is 0. The molecule has 1 aliphatic rings. The van der Waals surface area contributed by atoms with Crippen LogP contribution in [0, 0.1) is 0 Å². The maximum atomic E-state index is 12.0. The number of para-hydroxylation sites is 2. The number of anilines is 1. The Bertz CT molecular complexity index is 1040. The molecule has 0 saturated heterocycles. The molecule has 0 bridgehead atoms. The fourth-order valence-corrected chi connectivity index (χ4v) is 4.00. The van der Waals surface area contributed by atoms with E-state index in [9.17, 15) is 4.79 Å². The topological polar surface area (TPSA) is 70.4 Å². The number of nitrogens with one attached hydrogen (secondary N) is 3. The summed E-state index contributed by atoms with van der Waals surface area (Å²) in [4.78, 5) is 16.8. The third-order valence-electron chi connectivity index (χ3n) is 5.47. The van der Waals surface area contributed by atoms with Gasteiger partial charge in [-0.1, -0.05) is 36.4 Å². The highest BCUT2D eigenvalue weighted by Crippen LogP contribution is 2.31. The van der Waals surface area contributed by atoms with Gasteiger partial charge < -0.3 is 20.5 Å². The second-order valence-electron chi connectivity index (χ2n) is 7.60. The van der Waals surface area contributed by atoms with Crippen LogP contribution in [-0.2, 0) is 11.3 Å². The molecule has 1 aromatic heterocycles. The number of fused-ring (bicyclic) bond motifs is 2. The van der Waals surface area contributed by atoms with Crippen LogP contribution < -0.4 is 16.0 Å². The van der Waals surface area contributed by atoms with E-state index < -0.39 is 0 Å². The summed E-state index contributed by atoms with van der Waals surface area (Å²) in [6.45, 7) is 5.24. The number of carbonyl (C=O) groups is 1. The van der Waals surface area contributed by atoms with Crippen LogP contribution in [0.1, 0.15) is 31.2 Å². The number of amides is 1. The molecule has 156 valence electrons. The van der Waals surface area contributed by atoms with Crippen LogP contribution in [0.3, 0.4) is 0 Å². The van der Waals surface area contributed by atoms with Gasteiger partial charge in [0.25, 0.3) is 0 Å². The second-order valence-corrected chi connectivity index (χ2v) is 7.60. The summed E-state index contributed by atoms with van der Waals surface area (Å²) < 4.78 is 2.29.